The molecule has 0 aliphatic carbocycles. The van der Waals surface area contributed by atoms with E-state index in [4.69, 9.17) is 0 Å². The van der Waals surface area contributed by atoms with Crippen LogP contribution in [0.1, 0.15) is 54.9 Å². The molecule has 0 rings (SSSR count). The molecule has 0 aromatic rings. The molecule has 3 N–H and O–H groups in total. The first-order valence-electron chi connectivity index (χ1n) is 7.11. The van der Waals surface area contributed by atoms with Gasteiger partial charge in [-0.15, -0.1) is 0 Å². The van der Waals surface area contributed by atoms with Crippen molar-refractivity contribution in [1.29, 1.82) is 0 Å². The first-order valence-corrected chi connectivity index (χ1v) is 7.11. The fourth-order valence-electron chi connectivity index (χ4n) is 1.43. The van der Waals surface area contributed by atoms with Gasteiger partial charge in [-0.1, -0.05) is 41.5 Å². The molecule has 2 unspecified atom stereocenters. The molecule has 2 atom stereocenters. The standard InChI is InChI=1S/C15H30N2O3/c1-10(18)11(17-13(20)15(5,6)7)12(19)16-9-8-14(2,3)4/h10-11,18H,8-9H2,1-7H3,(H,16,19)(H,17,20). The summed E-state index contributed by atoms with van der Waals surface area (Å²) in [5.41, 5.74) is -0.471. The molecule has 0 spiro atoms. The third-order valence-corrected chi connectivity index (χ3v) is 2.91. The van der Waals surface area contributed by atoms with Gasteiger partial charge in [-0.05, 0) is 18.8 Å². The van der Waals surface area contributed by atoms with Crippen molar-refractivity contribution < 1.29 is 14.7 Å². The van der Waals surface area contributed by atoms with E-state index in [2.05, 4.69) is 31.4 Å². The van der Waals surface area contributed by atoms with Crippen LogP contribution < -0.4 is 10.6 Å². The van der Waals surface area contributed by atoms with Gasteiger partial charge in [0.2, 0.25) is 11.8 Å². The molecule has 0 aromatic heterocycles. The number of amides is 2. The summed E-state index contributed by atoms with van der Waals surface area (Å²) in [5, 5.41) is 15.0. The second kappa shape index (κ2) is 7.07. The lowest BCUT2D eigenvalue weighted by Gasteiger charge is -2.26. The van der Waals surface area contributed by atoms with E-state index < -0.39 is 17.6 Å². The van der Waals surface area contributed by atoms with Gasteiger partial charge in [0.25, 0.3) is 0 Å². The number of carbonyl (C=O) groups is 2. The maximum Gasteiger partial charge on any atom is 0.245 e. The predicted molar refractivity (Wildman–Crippen MR) is 80.1 cm³/mol. The number of carbonyl (C=O) groups excluding carboxylic acids is 2. The Kier molecular flexibility index (Phi) is 6.68. The minimum Gasteiger partial charge on any atom is -0.391 e. The number of nitrogens with one attached hydrogen (secondary N) is 2. The van der Waals surface area contributed by atoms with E-state index in [1.165, 1.54) is 6.92 Å². The number of hydrogen-bond acceptors (Lipinski definition) is 3. The summed E-state index contributed by atoms with van der Waals surface area (Å²) in [6, 6.07) is -0.915. The van der Waals surface area contributed by atoms with Crippen LogP contribution in [-0.4, -0.2) is 35.6 Å². The number of aliphatic hydroxyl groups excluding tert-OH is 1. The molecular weight excluding hydrogens is 256 g/mol. The Bertz CT molecular complexity index is 338. The molecule has 0 bridgehead atoms. The highest BCUT2D eigenvalue weighted by Crippen LogP contribution is 2.17. The van der Waals surface area contributed by atoms with E-state index in [-0.39, 0.29) is 17.2 Å². The van der Waals surface area contributed by atoms with Crippen LogP contribution in [0.15, 0.2) is 0 Å². The lowest BCUT2D eigenvalue weighted by Crippen LogP contribution is -2.54. The number of rotatable bonds is 5. The van der Waals surface area contributed by atoms with Crippen LogP contribution in [0.25, 0.3) is 0 Å². The lowest BCUT2D eigenvalue weighted by molar-refractivity contribution is -0.135. The summed E-state index contributed by atoms with van der Waals surface area (Å²) < 4.78 is 0. The van der Waals surface area contributed by atoms with Crippen molar-refractivity contribution in [2.24, 2.45) is 10.8 Å². The van der Waals surface area contributed by atoms with Crippen molar-refractivity contribution in [2.45, 2.75) is 67.0 Å². The molecule has 5 nitrogen and oxygen atoms in total. The predicted octanol–water partition coefficient (Wildman–Crippen LogP) is 1.45. The maximum absolute atomic E-state index is 12.0. The Balaban J connectivity index is 4.53. The van der Waals surface area contributed by atoms with Gasteiger partial charge in [0.1, 0.15) is 6.04 Å². The summed E-state index contributed by atoms with van der Waals surface area (Å²) in [6.45, 7) is 13.6. The van der Waals surface area contributed by atoms with Crippen molar-refractivity contribution in [1.82, 2.24) is 10.6 Å². The number of hydrogen-bond donors (Lipinski definition) is 3. The second-order valence-corrected chi connectivity index (χ2v) is 7.54. The summed E-state index contributed by atoms with van der Waals surface area (Å²) in [5.74, 6) is -0.601. The Morgan fingerprint density at radius 2 is 1.60 bits per heavy atom. The highest BCUT2D eigenvalue weighted by Gasteiger charge is 2.30. The molecule has 0 fully saturated rings. The summed E-state index contributed by atoms with van der Waals surface area (Å²) in [4.78, 5) is 24.0. The average molecular weight is 286 g/mol. The monoisotopic (exact) mass is 286 g/mol. The van der Waals surface area contributed by atoms with Crippen molar-refractivity contribution in [3.63, 3.8) is 0 Å². The SMILES string of the molecule is CC(O)C(NC(=O)C(C)(C)C)C(=O)NCCC(C)(C)C. The van der Waals surface area contributed by atoms with Crippen molar-refractivity contribution in [3.05, 3.63) is 0 Å². The highest BCUT2D eigenvalue weighted by atomic mass is 16.3. The van der Waals surface area contributed by atoms with Crippen molar-refractivity contribution in [2.75, 3.05) is 6.54 Å². The Morgan fingerprint density at radius 1 is 1.10 bits per heavy atom. The van der Waals surface area contributed by atoms with Gasteiger partial charge in [-0.25, -0.2) is 0 Å². The summed E-state index contributed by atoms with van der Waals surface area (Å²) in [6.07, 6.45) is -0.102. The van der Waals surface area contributed by atoms with Crippen LogP contribution in [0.3, 0.4) is 0 Å². The zero-order chi connectivity index (χ0) is 16.1. The Labute approximate surface area is 122 Å². The normalized spacial score (nSPS) is 15.4. The fraction of sp³-hybridized carbons (Fsp3) is 0.867. The van der Waals surface area contributed by atoms with Crippen LogP contribution in [0.5, 0.6) is 0 Å². The zero-order valence-electron chi connectivity index (χ0n) is 13.8. The smallest absolute Gasteiger partial charge is 0.245 e. The van der Waals surface area contributed by atoms with E-state index in [1.54, 1.807) is 20.8 Å². The molecule has 20 heavy (non-hydrogen) atoms. The molecule has 0 saturated heterocycles. The van der Waals surface area contributed by atoms with Gasteiger partial charge in [0, 0.05) is 12.0 Å². The molecule has 5 heteroatoms. The topological polar surface area (TPSA) is 78.4 Å². The van der Waals surface area contributed by atoms with Gasteiger partial charge in [-0.2, -0.15) is 0 Å². The van der Waals surface area contributed by atoms with E-state index in [0.717, 1.165) is 6.42 Å². The van der Waals surface area contributed by atoms with Crippen LogP contribution in [0.4, 0.5) is 0 Å². The van der Waals surface area contributed by atoms with Crippen LogP contribution in [-0.2, 0) is 9.59 Å². The molecule has 0 aliphatic rings. The third kappa shape index (κ3) is 7.48. The van der Waals surface area contributed by atoms with Crippen LogP contribution >= 0.6 is 0 Å². The van der Waals surface area contributed by atoms with Crippen molar-refractivity contribution in [3.8, 4) is 0 Å². The molecule has 0 aromatic carbocycles. The molecule has 0 heterocycles. The van der Waals surface area contributed by atoms with Gasteiger partial charge < -0.3 is 15.7 Å². The molecule has 0 radical (unpaired) electrons. The maximum atomic E-state index is 12.0. The molecule has 118 valence electrons. The highest BCUT2D eigenvalue weighted by molar-refractivity contribution is 5.90. The molecular formula is C15H30N2O3. The quantitative estimate of drug-likeness (QED) is 0.716. The molecule has 0 saturated carbocycles. The van der Waals surface area contributed by atoms with E-state index in [0.29, 0.717) is 6.54 Å². The average Bonchev–Trinajstić information content (AvgIpc) is 2.21. The van der Waals surface area contributed by atoms with Crippen LogP contribution in [0, 0.1) is 10.8 Å². The molecule has 0 aliphatic heterocycles. The lowest BCUT2D eigenvalue weighted by atomic mass is 9.92. The first kappa shape index (κ1) is 18.9. The van der Waals surface area contributed by atoms with E-state index >= 15 is 0 Å². The minimum atomic E-state index is -0.934. The summed E-state index contributed by atoms with van der Waals surface area (Å²) in [7, 11) is 0. The minimum absolute atomic E-state index is 0.127. The largest absolute Gasteiger partial charge is 0.391 e. The molecule has 2 amide bonds. The van der Waals surface area contributed by atoms with Gasteiger partial charge >= 0.3 is 0 Å². The fourth-order valence-corrected chi connectivity index (χ4v) is 1.43. The van der Waals surface area contributed by atoms with Gasteiger partial charge in [0.05, 0.1) is 6.10 Å². The first-order chi connectivity index (χ1) is 8.84. The van der Waals surface area contributed by atoms with Gasteiger partial charge in [-0.3, -0.25) is 9.59 Å². The summed E-state index contributed by atoms with van der Waals surface area (Å²) >= 11 is 0. The van der Waals surface area contributed by atoms with E-state index in [9.17, 15) is 14.7 Å². The van der Waals surface area contributed by atoms with Crippen LogP contribution in [0.2, 0.25) is 0 Å². The Hall–Kier alpha value is -1.10. The zero-order valence-corrected chi connectivity index (χ0v) is 13.8. The van der Waals surface area contributed by atoms with Gasteiger partial charge in [0.15, 0.2) is 0 Å². The van der Waals surface area contributed by atoms with E-state index in [1.807, 2.05) is 0 Å². The third-order valence-electron chi connectivity index (χ3n) is 2.91. The number of aliphatic hydroxyl groups is 1. The van der Waals surface area contributed by atoms with Crippen molar-refractivity contribution >= 4 is 11.8 Å². The Morgan fingerprint density at radius 3 is 1.95 bits per heavy atom. The second-order valence-electron chi connectivity index (χ2n) is 7.54.